The molecule has 2 rings (SSSR count). The highest BCUT2D eigenvalue weighted by atomic mass is 16.5. The van der Waals surface area contributed by atoms with Crippen LogP contribution < -0.4 is 10.1 Å². The number of para-hydroxylation sites is 1. The van der Waals surface area contributed by atoms with Gasteiger partial charge in [0.1, 0.15) is 5.75 Å². The summed E-state index contributed by atoms with van der Waals surface area (Å²) in [4.78, 5) is 24.2. The Morgan fingerprint density at radius 1 is 1.00 bits per heavy atom. The molecule has 1 amide bonds. The van der Waals surface area contributed by atoms with E-state index in [1.165, 1.54) is 0 Å². The van der Waals surface area contributed by atoms with Crippen LogP contribution in [0.1, 0.15) is 30.0 Å². The van der Waals surface area contributed by atoms with E-state index in [1.807, 2.05) is 63.2 Å². The first-order chi connectivity index (χ1) is 12.4. The summed E-state index contributed by atoms with van der Waals surface area (Å²) in [5.74, 6) is -0.124. The number of carbonyl (C=O) groups excluding carboxylic acids is 2. The molecule has 0 aliphatic rings. The Morgan fingerprint density at radius 2 is 1.62 bits per heavy atom. The number of nitrogens with one attached hydrogen (secondary N) is 1. The fourth-order valence-corrected chi connectivity index (χ4v) is 2.43. The highest BCUT2D eigenvalue weighted by molar-refractivity contribution is 5.96. The number of hydrogen-bond acceptors (Lipinski definition) is 4. The van der Waals surface area contributed by atoms with Crippen molar-refractivity contribution >= 4 is 17.6 Å². The highest BCUT2D eigenvalue weighted by Gasteiger charge is 2.19. The summed E-state index contributed by atoms with van der Waals surface area (Å²) in [6.07, 6.45) is -0.796. The van der Waals surface area contributed by atoms with Gasteiger partial charge in [-0.25, -0.2) is 0 Å². The molecule has 0 aliphatic carbocycles. The van der Waals surface area contributed by atoms with E-state index in [0.717, 1.165) is 22.4 Å². The first-order valence-electron chi connectivity index (χ1n) is 8.63. The molecule has 26 heavy (non-hydrogen) atoms. The van der Waals surface area contributed by atoms with Crippen LogP contribution in [0.4, 0.5) is 5.69 Å². The molecule has 0 fully saturated rings. The first-order valence-corrected chi connectivity index (χ1v) is 8.63. The predicted molar refractivity (Wildman–Crippen MR) is 101 cm³/mol. The van der Waals surface area contributed by atoms with Crippen molar-refractivity contribution in [3.8, 4) is 5.75 Å². The van der Waals surface area contributed by atoms with Crippen LogP contribution in [0.3, 0.4) is 0 Å². The molecule has 0 unspecified atom stereocenters. The van der Waals surface area contributed by atoms with Crippen LogP contribution in [-0.2, 0) is 14.3 Å². The molecule has 138 valence electrons. The number of amides is 1. The Bertz CT molecular complexity index is 748. The third kappa shape index (κ3) is 5.62. The first kappa shape index (κ1) is 19.5. The smallest absolute Gasteiger partial charge is 0.310 e. The summed E-state index contributed by atoms with van der Waals surface area (Å²) < 4.78 is 10.7. The number of carbonyl (C=O) groups is 2. The van der Waals surface area contributed by atoms with Crippen molar-refractivity contribution in [3.63, 3.8) is 0 Å². The maximum atomic E-state index is 12.3. The van der Waals surface area contributed by atoms with Gasteiger partial charge in [0.2, 0.25) is 0 Å². The fourth-order valence-electron chi connectivity index (χ4n) is 2.43. The van der Waals surface area contributed by atoms with Gasteiger partial charge in [-0.2, -0.15) is 0 Å². The summed E-state index contributed by atoms with van der Waals surface area (Å²) >= 11 is 0. The molecule has 2 aromatic rings. The minimum absolute atomic E-state index is 0.0783. The minimum Gasteiger partial charge on any atom is -0.493 e. The van der Waals surface area contributed by atoms with Crippen molar-refractivity contribution in [1.29, 1.82) is 0 Å². The zero-order valence-electron chi connectivity index (χ0n) is 15.7. The molecule has 1 atom stereocenters. The van der Waals surface area contributed by atoms with Gasteiger partial charge in [-0.3, -0.25) is 9.59 Å². The normalized spacial score (nSPS) is 11.5. The molecular weight excluding hydrogens is 330 g/mol. The van der Waals surface area contributed by atoms with E-state index in [-0.39, 0.29) is 18.9 Å². The Balaban J connectivity index is 1.78. The van der Waals surface area contributed by atoms with Crippen LogP contribution in [0.5, 0.6) is 5.75 Å². The van der Waals surface area contributed by atoms with Crippen LogP contribution in [0, 0.1) is 20.8 Å². The van der Waals surface area contributed by atoms with Crippen LogP contribution >= 0.6 is 0 Å². The van der Waals surface area contributed by atoms with Gasteiger partial charge < -0.3 is 14.8 Å². The van der Waals surface area contributed by atoms with Gasteiger partial charge in [0.25, 0.3) is 5.91 Å². The lowest BCUT2D eigenvalue weighted by molar-refractivity contribution is -0.153. The van der Waals surface area contributed by atoms with Crippen LogP contribution in [0.25, 0.3) is 0 Å². The Labute approximate surface area is 154 Å². The molecule has 5 heteroatoms. The monoisotopic (exact) mass is 355 g/mol. The van der Waals surface area contributed by atoms with E-state index in [9.17, 15) is 9.59 Å². The Morgan fingerprint density at radius 3 is 2.23 bits per heavy atom. The third-order valence-corrected chi connectivity index (χ3v) is 4.00. The Kier molecular flexibility index (Phi) is 6.78. The molecule has 0 saturated heterocycles. The molecule has 1 N–H and O–H groups in total. The molecule has 0 saturated carbocycles. The zero-order valence-corrected chi connectivity index (χ0v) is 15.7. The van der Waals surface area contributed by atoms with Crippen molar-refractivity contribution in [2.75, 3.05) is 11.9 Å². The summed E-state index contributed by atoms with van der Waals surface area (Å²) in [6.45, 7) is 7.59. The largest absolute Gasteiger partial charge is 0.493 e. The minimum atomic E-state index is -0.874. The number of hydrogen-bond donors (Lipinski definition) is 1. The average molecular weight is 355 g/mol. The number of anilines is 1. The fraction of sp³-hybridized carbons (Fsp3) is 0.333. The molecule has 0 aromatic heterocycles. The van der Waals surface area contributed by atoms with Crippen LogP contribution in [0.2, 0.25) is 0 Å². The van der Waals surface area contributed by atoms with Gasteiger partial charge in [-0.05, 0) is 51.0 Å². The van der Waals surface area contributed by atoms with Gasteiger partial charge in [-0.1, -0.05) is 35.9 Å². The summed E-state index contributed by atoms with van der Waals surface area (Å²) in [5, 5.41) is 2.82. The lowest BCUT2D eigenvalue weighted by atomic mass is 10.1. The number of benzene rings is 2. The second kappa shape index (κ2) is 9.04. The average Bonchev–Trinajstić information content (AvgIpc) is 2.59. The maximum Gasteiger partial charge on any atom is 0.310 e. The number of aryl methyl sites for hydroxylation is 3. The molecule has 2 aromatic carbocycles. The summed E-state index contributed by atoms with van der Waals surface area (Å²) in [5.41, 5.74) is 3.82. The number of ether oxygens (including phenoxy) is 2. The molecule has 0 aliphatic heterocycles. The van der Waals surface area contributed by atoms with E-state index >= 15 is 0 Å². The quantitative estimate of drug-likeness (QED) is 0.764. The summed E-state index contributed by atoms with van der Waals surface area (Å²) in [7, 11) is 0. The lowest BCUT2D eigenvalue weighted by Gasteiger charge is -2.16. The van der Waals surface area contributed by atoms with E-state index in [1.54, 1.807) is 6.92 Å². The maximum absolute atomic E-state index is 12.3. The van der Waals surface area contributed by atoms with Gasteiger partial charge in [0.05, 0.1) is 13.0 Å². The van der Waals surface area contributed by atoms with E-state index in [0.29, 0.717) is 5.75 Å². The highest BCUT2D eigenvalue weighted by Crippen LogP contribution is 2.20. The van der Waals surface area contributed by atoms with Gasteiger partial charge in [0, 0.05) is 5.69 Å². The topological polar surface area (TPSA) is 64.6 Å². The second-order valence-electron chi connectivity index (χ2n) is 6.30. The molecule has 5 nitrogen and oxygen atoms in total. The van der Waals surface area contributed by atoms with E-state index in [2.05, 4.69) is 5.32 Å². The standard InChI is InChI=1S/C21H25NO4/c1-14-8-10-18(11-9-14)25-13-12-19(23)26-17(4)21(24)22-20-15(2)6-5-7-16(20)3/h5-11,17H,12-13H2,1-4H3,(H,22,24)/t17-/m0/s1. The molecule has 0 spiro atoms. The summed E-state index contributed by atoms with van der Waals surface area (Å²) in [6, 6.07) is 13.3. The Hall–Kier alpha value is -2.82. The van der Waals surface area contributed by atoms with Crippen molar-refractivity contribution in [2.45, 2.75) is 40.2 Å². The van der Waals surface area contributed by atoms with Crippen LogP contribution in [-0.4, -0.2) is 24.6 Å². The third-order valence-electron chi connectivity index (χ3n) is 4.00. The van der Waals surface area contributed by atoms with Crippen LogP contribution in [0.15, 0.2) is 42.5 Å². The number of rotatable bonds is 7. The van der Waals surface area contributed by atoms with Crippen molar-refractivity contribution in [3.05, 3.63) is 59.2 Å². The molecule has 0 radical (unpaired) electrons. The molecular formula is C21H25NO4. The van der Waals surface area contributed by atoms with Crippen molar-refractivity contribution in [2.24, 2.45) is 0 Å². The van der Waals surface area contributed by atoms with Gasteiger partial charge >= 0.3 is 5.97 Å². The molecule has 0 heterocycles. The predicted octanol–water partition coefficient (Wildman–Crippen LogP) is 3.95. The van der Waals surface area contributed by atoms with Gasteiger partial charge in [0.15, 0.2) is 6.10 Å². The number of esters is 1. The van der Waals surface area contributed by atoms with Crippen molar-refractivity contribution < 1.29 is 19.1 Å². The van der Waals surface area contributed by atoms with Gasteiger partial charge in [-0.15, -0.1) is 0 Å². The SMILES string of the molecule is Cc1ccc(OCCC(=O)O[C@@H](C)C(=O)Nc2c(C)cccc2C)cc1. The lowest BCUT2D eigenvalue weighted by Crippen LogP contribution is -2.30. The van der Waals surface area contributed by atoms with E-state index < -0.39 is 12.1 Å². The van der Waals surface area contributed by atoms with Crippen molar-refractivity contribution in [1.82, 2.24) is 0 Å². The second-order valence-corrected chi connectivity index (χ2v) is 6.30. The zero-order chi connectivity index (χ0) is 19.1. The molecule has 0 bridgehead atoms. The van der Waals surface area contributed by atoms with E-state index in [4.69, 9.17) is 9.47 Å².